The second-order valence-electron chi connectivity index (χ2n) is 4.23. The van der Waals surface area contributed by atoms with E-state index < -0.39 is 0 Å². The van der Waals surface area contributed by atoms with E-state index in [1.807, 2.05) is 43.3 Å². The maximum atomic E-state index is 12.1. The average molecular weight is 386 g/mol. The Labute approximate surface area is 131 Å². The molecule has 0 spiro atoms. The van der Waals surface area contributed by atoms with Crippen LogP contribution in [0.15, 0.2) is 48.5 Å². The molecule has 0 heterocycles. The van der Waals surface area contributed by atoms with Crippen LogP contribution in [0.3, 0.4) is 0 Å². The van der Waals surface area contributed by atoms with Gasteiger partial charge in [-0.25, -0.2) is 0 Å². The first-order chi connectivity index (χ1) is 9.08. The fourth-order valence-electron chi connectivity index (χ4n) is 1.74. The number of hydrogen-bond acceptors (Lipinski definition) is 1. The Morgan fingerprint density at radius 2 is 1.89 bits per heavy atom. The molecule has 2 aromatic carbocycles. The van der Waals surface area contributed by atoms with Crippen LogP contribution < -0.4 is 5.32 Å². The van der Waals surface area contributed by atoms with Crippen LogP contribution >= 0.6 is 34.2 Å². The largest absolute Gasteiger partial charge is 0.346 e. The normalized spacial score (nSPS) is 11.9. The summed E-state index contributed by atoms with van der Waals surface area (Å²) in [4.78, 5) is 12.1. The Kier molecular flexibility index (Phi) is 4.82. The highest BCUT2D eigenvalue weighted by Crippen LogP contribution is 2.20. The van der Waals surface area contributed by atoms with Crippen molar-refractivity contribution < 1.29 is 4.79 Å². The molecule has 0 fully saturated rings. The smallest absolute Gasteiger partial charge is 0.251 e. The van der Waals surface area contributed by atoms with Crippen molar-refractivity contribution in [3.05, 3.63) is 68.3 Å². The zero-order chi connectivity index (χ0) is 13.8. The van der Waals surface area contributed by atoms with E-state index >= 15 is 0 Å². The first kappa shape index (κ1) is 14.3. The highest BCUT2D eigenvalue weighted by atomic mass is 127. The quantitative estimate of drug-likeness (QED) is 0.778. The number of nitrogens with one attached hydrogen (secondary N) is 1. The van der Waals surface area contributed by atoms with Gasteiger partial charge in [-0.15, -0.1) is 0 Å². The summed E-state index contributed by atoms with van der Waals surface area (Å²) in [5.41, 5.74) is 1.65. The maximum absolute atomic E-state index is 12.1. The first-order valence-corrected chi connectivity index (χ1v) is 7.34. The minimum absolute atomic E-state index is 0.0354. The minimum atomic E-state index is -0.116. The van der Waals surface area contributed by atoms with Crippen LogP contribution in [0.1, 0.15) is 28.9 Å². The molecule has 0 aliphatic heterocycles. The van der Waals surface area contributed by atoms with Crippen molar-refractivity contribution in [1.29, 1.82) is 0 Å². The zero-order valence-electron chi connectivity index (χ0n) is 10.4. The highest BCUT2D eigenvalue weighted by Gasteiger charge is 2.12. The van der Waals surface area contributed by atoms with Gasteiger partial charge in [-0.05, 0) is 53.3 Å². The van der Waals surface area contributed by atoms with Gasteiger partial charge >= 0.3 is 0 Å². The molecule has 0 aliphatic carbocycles. The number of carbonyl (C=O) groups is 1. The molecule has 0 unspecified atom stereocenters. The molecule has 0 radical (unpaired) electrons. The molecule has 0 saturated heterocycles. The molecular formula is C15H13ClINO. The lowest BCUT2D eigenvalue weighted by Crippen LogP contribution is -2.26. The van der Waals surface area contributed by atoms with Crippen molar-refractivity contribution in [3.8, 4) is 0 Å². The molecule has 0 aliphatic rings. The lowest BCUT2D eigenvalue weighted by molar-refractivity contribution is 0.0940. The van der Waals surface area contributed by atoms with Gasteiger partial charge in [0.05, 0.1) is 11.1 Å². The molecule has 0 bridgehead atoms. The summed E-state index contributed by atoms with van der Waals surface area (Å²) in [6.45, 7) is 1.96. The van der Waals surface area contributed by atoms with Crippen LogP contribution in [-0.4, -0.2) is 5.91 Å². The number of benzene rings is 2. The number of halogens is 2. The highest BCUT2D eigenvalue weighted by molar-refractivity contribution is 14.1. The Hall–Kier alpha value is -1.07. The van der Waals surface area contributed by atoms with E-state index in [1.54, 1.807) is 12.1 Å². The van der Waals surface area contributed by atoms with Crippen molar-refractivity contribution in [2.45, 2.75) is 13.0 Å². The van der Waals surface area contributed by atoms with Gasteiger partial charge in [-0.2, -0.15) is 0 Å². The van der Waals surface area contributed by atoms with E-state index in [9.17, 15) is 4.79 Å². The van der Waals surface area contributed by atoms with Gasteiger partial charge in [0.25, 0.3) is 5.91 Å². The predicted molar refractivity (Wildman–Crippen MR) is 86.5 cm³/mol. The van der Waals surface area contributed by atoms with Crippen LogP contribution in [0, 0.1) is 3.57 Å². The van der Waals surface area contributed by atoms with Gasteiger partial charge in [-0.1, -0.05) is 41.9 Å². The van der Waals surface area contributed by atoms with Crippen molar-refractivity contribution in [1.82, 2.24) is 5.32 Å². The molecule has 1 atom stereocenters. The summed E-state index contributed by atoms with van der Waals surface area (Å²) in [5, 5.41) is 3.56. The molecular weight excluding hydrogens is 373 g/mol. The fourth-order valence-corrected chi connectivity index (χ4v) is 2.26. The van der Waals surface area contributed by atoms with Crippen molar-refractivity contribution >= 4 is 40.1 Å². The summed E-state index contributed by atoms with van der Waals surface area (Å²) < 4.78 is 0.937. The van der Waals surface area contributed by atoms with Crippen LogP contribution in [0.2, 0.25) is 5.02 Å². The van der Waals surface area contributed by atoms with Crippen molar-refractivity contribution in [3.63, 3.8) is 0 Å². The molecule has 1 N–H and O–H groups in total. The van der Waals surface area contributed by atoms with Gasteiger partial charge in [-0.3, -0.25) is 4.79 Å². The van der Waals surface area contributed by atoms with Gasteiger partial charge in [0.2, 0.25) is 0 Å². The number of hydrogen-bond donors (Lipinski definition) is 1. The maximum Gasteiger partial charge on any atom is 0.251 e. The van der Waals surface area contributed by atoms with E-state index in [0.29, 0.717) is 10.6 Å². The molecule has 2 aromatic rings. The molecule has 2 nitrogen and oxygen atoms in total. The first-order valence-electron chi connectivity index (χ1n) is 5.89. The molecule has 19 heavy (non-hydrogen) atoms. The molecule has 0 saturated carbocycles. The Morgan fingerprint density at radius 3 is 2.53 bits per heavy atom. The second-order valence-corrected chi connectivity index (χ2v) is 5.80. The van der Waals surface area contributed by atoms with Crippen LogP contribution in [0.4, 0.5) is 0 Å². The molecule has 98 valence electrons. The van der Waals surface area contributed by atoms with E-state index in [0.717, 1.165) is 9.13 Å². The van der Waals surface area contributed by atoms with E-state index in [4.69, 9.17) is 11.6 Å². The third-order valence-corrected chi connectivity index (χ3v) is 4.40. The standard InChI is InChI=1S/C15H13ClINO/c1-10(11-5-3-2-4-6-11)18-15(19)12-7-8-14(17)13(16)9-12/h2-10H,1H3,(H,18,19)/t10-/m0/s1. The molecule has 0 aromatic heterocycles. The Morgan fingerprint density at radius 1 is 1.21 bits per heavy atom. The van der Waals surface area contributed by atoms with Crippen LogP contribution in [-0.2, 0) is 0 Å². The summed E-state index contributed by atoms with van der Waals surface area (Å²) >= 11 is 8.16. The lowest BCUT2D eigenvalue weighted by Gasteiger charge is -2.14. The summed E-state index contributed by atoms with van der Waals surface area (Å²) in [6.07, 6.45) is 0. The third-order valence-electron chi connectivity index (χ3n) is 2.83. The predicted octanol–water partition coefficient (Wildman–Crippen LogP) is 4.44. The van der Waals surface area contributed by atoms with Gasteiger partial charge in [0.15, 0.2) is 0 Å². The van der Waals surface area contributed by atoms with E-state index in [-0.39, 0.29) is 11.9 Å². The van der Waals surface area contributed by atoms with Crippen molar-refractivity contribution in [2.75, 3.05) is 0 Å². The lowest BCUT2D eigenvalue weighted by atomic mass is 10.1. The molecule has 4 heteroatoms. The van der Waals surface area contributed by atoms with Gasteiger partial charge < -0.3 is 5.32 Å². The Balaban J connectivity index is 2.11. The van der Waals surface area contributed by atoms with Crippen LogP contribution in [0.25, 0.3) is 0 Å². The van der Waals surface area contributed by atoms with Crippen molar-refractivity contribution in [2.24, 2.45) is 0 Å². The SMILES string of the molecule is C[C@H](NC(=O)c1ccc(I)c(Cl)c1)c1ccccc1. The van der Waals surface area contributed by atoms with E-state index in [2.05, 4.69) is 27.9 Å². The summed E-state index contributed by atoms with van der Waals surface area (Å²) in [6, 6.07) is 15.1. The number of carbonyl (C=O) groups excluding carboxylic acids is 1. The van der Waals surface area contributed by atoms with Crippen LogP contribution in [0.5, 0.6) is 0 Å². The molecule has 2 rings (SSSR count). The number of amides is 1. The number of rotatable bonds is 3. The third kappa shape index (κ3) is 3.70. The summed E-state index contributed by atoms with van der Waals surface area (Å²) in [7, 11) is 0. The zero-order valence-corrected chi connectivity index (χ0v) is 13.3. The molecule has 1 amide bonds. The minimum Gasteiger partial charge on any atom is -0.346 e. The fraction of sp³-hybridized carbons (Fsp3) is 0.133. The monoisotopic (exact) mass is 385 g/mol. The van der Waals surface area contributed by atoms with Gasteiger partial charge in [0, 0.05) is 9.13 Å². The summed E-state index contributed by atoms with van der Waals surface area (Å²) in [5.74, 6) is -0.116. The second kappa shape index (κ2) is 6.39. The Bertz CT molecular complexity index is 586. The van der Waals surface area contributed by atoms with Gasteiger partial charge in [0.1, 0.15) is 0 Å². The topological polar surface area (TPSA) is 29.1 Å². The average Bonchev–Trinajstić information content (AvgIpc) is 2.42. The van der Waals surface area contributed by atoms with E-state index in [1.165, 1.54) is 0 Å².